The molecule has 0 spiro atoms. The Morgan fingerprint density at radius 3 is 2.59 bits per heavy atom. The molecule has 0 bridgehead atoms. The van der Waals surface area contributed by atoms with E-state index in [1.807, 2.05) is 31.3 Å². The van der Waals surface area contributed by atoms with Gasteiger partial charge in [0.15, 0.2) is 0 Å². The van der Waals surface area contributed by atoms with Gasteiger partial charge in [-0.3, -0.25) is 0 Å². The fraction of sp³-hybridized carbons (Fsp3) is 0.385. The molecule has 2 aromatic heterocycles. The molecule has 5 rings (SSSR count). The first-order valence-corrected chi connectivity index (χ1v) is 13.7. The largest absolute Gasteiger partial charge is 0.434 e. The van der Waals surface area contributed by atoms with Crippen molar-refractivity contribution < 1.29 is 17.2 Å². The minimum Gasteiger partial charge on any atom is -0.391 e. The number of H-pyrrole nitrogens is 2. The number of fused-ring (bicyclic) bond motifs is 1. The first-order valence-electron chi connectivity index (χ1n) is 12.3. The van der Waals surface area contributed by atoms with Crippen molar-refractivity contribution in [3.63, 3.8) is 0 Å². The van der Waals surface area contributed by atoms with Gasteiger partial charge < -0.3 is 9.40 Å². The van der Waals surface area contributed by atoms with Crippen LogP contribution >= 0.6 is 0 Å². The number of nitrogens with zero attached hydrogens (tertiary/aromatic N) is 2. The molecule has 0 unspecified atom stereocenters. The fourth-order valence-electron chi connectivity index (χ4n) is 5.34. The second kappa shape index (κ2) is 9.88. The number of hydrogen-bond donors (Lipinski definition) is 3. The lowest BCUT2D eigenvalue weighted by Gasteiger charge is -2.33. The van der Waals surface area contributed by atoms with Crippen molar-refractivity contribution >= 4 is 21.1 Å². The molecular weight excluding hydrogens is 497 g/mol. The van der Waals surface area contributed by atoms with E-state index in [2.05, 4.69) is 26.0 Å². The van der Waals surface area contributed by atoms with Crippen LogP contribution in [-0.2, 0) is 10.2 Å². The standard InChI is InChI=1S/C26H30FN5O4S/c1-15-8-9-21(27)23(16(15)2)17(3)24(25-29-30-26(33)36-25)31-37(34,35)32-12-10-18(11-13-32)20-14-28-22-7-5-4-6-19(20)22/h4-9,14,17-18,24,28,31H,10-13H2,1-3H3,(H,30,33)/t17-,24-/m0/s1. The normalized spacial score (nSPS) is 17.3. The Hall–Kier alpha value is -3.28. The predicted molar refractivity (Wildman–Crippen MR) is 138 cm³/mol. The number of aromatic nitrogens is 3. The zero-order valence-electron chi connectivity index (χ0n) is 20.9. The average Bonchev–Trinajstić information content (AvgIpc) is 3.51. The predicted octanol–water partition coefficient (Wildman–Crippen LogP) is 4.16. The smallest absolute Gasteiger partial charge is 0.391 e. The maximum Gasteiger partial charge on any atom is 0.434 e. The number of hydrogen-bond acceptors (Lipinski definition) is 5. The molecule has 1 aliphatic heterocycles. The quantitative estimate of drug-likeness (QED) is 0.333. The van der Waals surface area contributed by atoms with Gasteiger partial charge in [-0.1, -0.05) is 31.2 Å². The second-order valence-electron chi connectivity index (χ2n) is 9.71. The number of rotatable bonds is 7. The highest BCUT2D eigenvalue weighted by Gasteiger charge is 2.36. The monoisotopic (exact) mass is 527 g/mol. The summed E-state index contributed by atoms with van der Waals surface area (Å²) in [5.41, 5.74) is 4.17. The molecule has 0 aliphatic carbocycles. The van der Waals surface area contributed by atoms with E-state index in [9.17, 15) is 17.6 Å². The molecule has 1 saturated heterocycles. The third-order valence-corrected chi connectivity index (χ3v) is 9.14. The summed E-state index contributed by atoms with van der Waals surface area (Å²) >= 11 is 0. The molecule has 3 N–H and O–H groups in total. The van der Waals surface area contributed by atoms with Crippen LogP contribution in [0.3, 0.4) is 0 Å². The van der Waals surface area contributed by atoms with Gasteiger partial charge in [0.25, 0.3) is 10.2 Å². The molecule has 4 aromatic rings. The summed E-state index contributed by atoms with van der Waals surface area (Å²) in [6.07, 6.45) is 3.33. The van der Waals surface area contributed by atoms with Gasteiger partial charge >= 0.3 is 5.76 Å². The highest BCUT2D eigenvalue weighted by Crippen LogP contribution is 2.37. The van der Waals surface area contributed by atoms with Crippen LogP contribution < -0.4 is 10.5 Å². The summed E-state index contributed by atoms with van der Waals surface area (Å²) in [4.78, 5) is 15.0. The van der Waals surface area contributed by atoms with Crippen LogP contribution in [0.25, 0.3) is 10.9 Å². The first kappa shape index (κ1) is 25.4. The van der Waals surface area contributed by atoms with Crippen LogP contribution in [0.15, 0.2) is 51.8 Å². The Morgan fingerprint density at radius 2 is 1.89 bits per heavy atom. The molecule has 1 fully saturated rings. The van der Waals surface area contributed by atoms with Gasteiger partial charge in [0, 0.05) is 36.1 Å². The van der Waals surface area contributed by atoms with Gasteiger partial charge in [-0.15, -0.1) is 5.10 Å². The molecule has 0 amide bonds. The van der Waals surface area contributed by atoms with E-state index >= 15 is 0 Å². The third-order valence-electron chi connectivity index (χ3n) is 7.54. The van der Waals surface area contributed by atoms with E-state index in [1.54, 1.807) is 19.9 Å². The van der Waals surface area contributed by atoms with Crippen molar-refractivity contribution in [3.8, 4) is 0 Å². The first-order chi connectivity index (χ1) is 17.7. The molecule has 11 heteroatoms. The highest BCUT2D eigenvalue weighted by molar-refractivity contribution is 7.87. The van der Waals surface area contributed by atoms with Crippen LogP contribution in [0.1, 0.15) is 65.8 Å². The van der Waals surface area contributed by atoms with E-state index in [1.165, 1.54) is 15.9 Å². The van der Waals surface area contributed by atoms with Gasteiger partial charge in [-0.2, -0.15) is 17.4 Å². The zero-order chi connectivity index (χ0) is 26.3. The number of aryl methyl sites for hydroxylation is 1. The van der Waals surface area contributed by atoms with Crippen molar-refractivity contribution in [2.75, 3.05) is 13.1 Å². The molecule has 9 nitrogen and oxygen atoms in total. The molecule has 1 aliphatic rings. The average molecular weight is 528 g/mol. The van der Waals surface area contributed by atoms with Gasteiger partial charge in [0.2, 0.25) is 5.89 Å². The van der Waals surface area contributed by atoms with E-state index in [0.717, 1.165) is 16.5 Å². The Bertz CT molecular complexity index is 1580. The maximum atomic E-state index is 14.9. The minimum atomic E-state index is -4.01. The summed E-state index contributed by atoms with van der Waals surface area (Å²) < 4.78 is 51.1. The Kier molecular flexibility index (Phi) is 6.78. The molecule has 2 aromatic carbocycles. The molecule has 196 valence electrons. The minimum absolute atomic E-state index is 0.143. The van der Waals surface area contributed by atoms with Gasteiger partial charge in [0.1, 0.15) is 11.9 Å². The number of aromatic amines is 2. The summed E-state index contributed by atoms with van der Waals surface area (Å²) in [7, 11) is -4.01. The number of benzene rings is 2. The van der Waals surface area contributed by atoms with Crippen molar-refractivity contribution in [3.05, 3.63) is 87.1 Å². The van der Waals surface area contributed by atoms with E-state index < -0.39 is 33.7 Å². The number of halogens is 1. The Balaban J connectivity index is 1.38. The zero-order valence-corrected chi connectivity index (χ0v) is 21.7. The Labute approximate surface area is 214 Å². The number of piperidine rings is 1. The molecule has 0 saturated carbocycles. The lowest BCUT2D eigenvalue weighted by atomic mass is 9.88. The molecular formula is C26H30FN5O4S. The lowest BCUT2D eigenvalue weighted by molar-refractivity contribution is 0.306. The fourth-order valence-corrected chi connectivity index (χ4v) is 6.81. The summed E-state index contributed by atoms with van der Waals surface area (Å²) in [6.45, 7) is 5.98. The third kappa shape index (κ3) is 4.86. The van der Waals surface area contributed by atoms with Crippen LogP contribution in [0.4, 0.5) is 4.39 Å². The van der Waals surface area contributed by atoms with E-state index in [4.69, 9.17) is 4.42 Å². The van der Waals surface area contributed by atoms with E-state index in [0.29, 0.717) is 37.1 Å². The second-order valence-corrected chi connectivity index (χ2v) is 11.4. The van der Waals surface area contributed by atoms with Crippen LogP contribution in [-0.4, -0.2) is 41.0 Å². The van der Waals surface area contributed by atoms with Crippen LogP contribution in [0.5, 0.6) is 0 Å². The molecule has 3 heterocycles. The van der Waals surface area contributed by atoms with Crippen LogP contribution in [0, 0.1) is 19.7 Å². The van der Waals surface area contributed by atoms with Gasteiger partial charge in [-0.25, -0.2) is 14.3 Å². The summed E-state index contributed by atoms with van der Waals surface area (Å²) in [6, 6.07) is 10.0. The van der Waals surface area contributed by atoms with Crippen LogP contribution in [0.2, 0.25) is 0 Å². The van der Waals surface area contributed by atoms with E-state index in [-0.39, 0.29) is 11.8 Å². The number of nitrogens with one attached hydrogen (secondary N) is 3. The molecule has 0 radical (unpaired) electrons. The van der Waals surface area contributed by atoms with Crippen molar-refractivity contribution in [2.45, 2.75) is 51.5 Å². The SMILES string of the molecule is Cc1ccc(F)c([C@H](C)[C@H](NS(=O)(=O)N2CCC(c3c[nH]c4ccccc34)CC2)c2n[nH]c(=O)o2)c1C. The van der Waals surface area contributed by atoms with Gasteiger partial charge in [0.05, 0.1) is 0 Å². The lowest BCUT2D eigenvalue weighted by Crippen LogP contribution is -2.46. The topological polar surface area (TPSA) is 124 Å². The number of para-hydroxylation sites is 1. The van der Waals surface area contributed by atoms with Crippen molar-refractivity contribution in [1.29, 1.82) is 0 Å². The van der Waals surface area contributed by atoms with Gasteiger partial charge in [-0.05, 0) is 67.0 Å². The Morgan fingerprint density at radius 1 is 1.16 bits per heavy atom. The molecule has 37 heavy (non-hydrogen) atoms. The summed E-state index contributed by atoms with van der Waals surface area (Å²) in [5, 5.41) is 7.21. The molecule has 2 atom stereocenters. The van der Waals surface area contributed by atoms with Crippen molar-refractivity contribution in [2.24, 2.45) is 0 Å². The maximum absolute atomic E-state index is 14.9. The summed E-state index contributed by atoms with van der Waals surface area (Å²) in [5.74, 6) is -1.89. The van der Waals surface area contributed by atoms with Crippen molar-refractivity contribution in [1.82, 2.24) is 24.2 Å². The highest BCUT2D eigenvalue weighted by atomic mass is 32.2.